The Morgan fingerprint density at radius 2 is 1.66 bits per heavy atom. The van der Waals surface area contributed by atoms with Crippen molar-refractivity contribution in [2.75, 3.05) is 5.32 Å². The van der Waals surface area contributed by atoms with Gasteiger partial charge in [0.1, 0.15) is 0 Å². The van der Waals surface area contributed by atoms with Crippen LogP contribution in [0.2, 0.25) is 0 Å². The highest BCUT2D eigenvalue weighted by molar-refractivity contribution is 6.06. The molecule has 1 aliphatic heterocycles. The smallest absolute Gasteiger partial charge is 0.319 e. The van der Waals surface area contributed by atoms with Crippen LogP contribution < -0.4 is 16.0 Å². The van der Waals surface area contributed by atoms with Crippen molar-refractivity contribution in [3.63, 3.8) is 0 Å². The highest BCUT2D eigenvalue weighted by atomic mass is 16.6. The predicted molar refractivity (Wildman–Crippen MR) is 109 cm³/mol. The van der Waals surface area contributed by atoms with Crippen LogP contribution >= 0.6 is 0 Å². The van der Waals surface area contributed by atoms with Gasteiger partial charge in [0, 0.05) is 23.5 Å². The Hall–Kier alpha value is -3.68. The minimum atomic E-state index is -0.609. The summed E-state index contributed by atoms with van der Waals surface area (Å²) in [5.41, 5.74) is 5.13. The molecule has 2 aromatic carbocycles. The number of rotatable bonds is 4. The number of allylic oxidation sites excluding steroid dienone is 1. The summed E-state index contributed by atoms with van der Waals surface area (Å²) >= 11 is 0. The van der Waals surface area contributed by atoms with Crippen molar-refractivity contribution in [1.82, 2.24) is 10.6 Å². The summed E-state index contributed by atoms with van der Waals surface area (Å²) in [7, 11) is 0. The Bertz CT molecular complexity index is 1020. The third-order valence-corrected chi connectivity index (χ3v) is 4.88. The molecule has 0 bridgehead atoms. The number of anilines is 1. The first kappa shape index (κ1) is 20.1. The van der Waals surface area contributed by atoms with Crippen LogP contribution in [0.15, 0.2) is 47.7 Å². The molecule has 3 amide bonds. The number of carbonyl (C=O) groups excluding carboxylic acids is 2. The van der Waals surface area contributed by atoms with E-state index in [9.17, 15) is 19.7 Å². The summed E-state index contributed by atoms with van der Waals surface area (Å²) in [6.07, 6.45) is 0. The molecule has 150 valence electrons. The second kappa shape index (κ2) is 7.75. The number of non-ortho nitro benzene ring substituents is 1. The van der Waals surface area contributed by atoms with Crippen LogP contribution in [-0.4, -0.2) is 16.9 Å². The lowest BCUT2D eigenvalue weighted by atomic mass is 9.87. The number of hydrogen-bond acceptors (Lipinski definition) is 4. The van der Waals surface area contributed by atoms with Crippen LogP contribution in [0.3, 0.4) is 0 Å². The summed E-state index contributed by atoms with van der Waals surface area (Å²) in [4.78, 5) is 35.5. The zero-order valence-corrected chi connectivity index (χ0v) is 16.6. The highest BCUT2D eigenvalue weighted by Crippen LogP contribution is 2.32. The molecular formula is C21H22N4O4. The monoisotopic (exact) mass is 394 g/mol. The number of nitrogens with zero attached hydrogens (tertiary/aromatic N) is 1. The molecular weight excluding hydrogens is 372 g/mol. The molecule has 3 rings (SSSR count). The Morgan fingerprint density at radius 3 is 2.21 bits per heavy atom. The lowest BCUT2D eigenvalue weighted by Crippen LogP contribution is -2.46. The number of amides is 3. The van der Waals surface area contributed by atoms with Crippen LogP contribution in [0.5, 0.6) is 0 Å². The molecule has 8 nitrogen and oxygen atoms in total. The van der Waals surface area contributed by atoms with Crippen molar-refractivity contribution < 1.29 is 14.5 Å². The second-order valence-corrected chi connectivity index (χ2v) is 7.14. The number of nitro groups is 1. The quantitative estimate of drug-likeness (QED) is 0.541. The molecule has 1 atom stereocenters. The SMILES string of the molecule is CC1=C(C(=O)Nc2ccc([N+](=O)[O-])cc2)C(c2c(C)cc(C)cc2C)NC(=O)N1. The van der Waals surface area contributed by atoms with E-state index in [-0.39, 0.29) is 11.7 Å². The maximum atomic E-state index is 13.1. The van der Waals surface area contributed by atoms with E-state index in [1.54, 1.807) is 6.92 Å². The van der Waals surface area contributed by atoms with Crippen molar-refractivity contribution >= 4 is 23.3 Å². The normalized spacial score (nSPS) is 16.1. The second-order valence-electron chi connectivity index (χ2n) is 7.14. The van der Waals surface area contributed by atoms with Crippen LogP contribution in [0.25, 0.3) is 0 Å². The van der Waals surface area contributed by atoms with Gasteiger partial charge in [0.05, 0.1) is 16.5 Å². The van der Waals surface area contributed by atoms with E-state index in [2.05, 4.69) is 16.0 Å². The molecule has 3 N–H and O–H groups in total. The topological polar surface area (TPSA) is 113 Å². The molecule has 0 saturated heterocycles. The third-order valence-electron chi connectivity index (χ3n) is 4.88. The first-order valence-corrected chi connectivity index (χ1v) is 9.09. The minimum absolute atomic E-state index is 0.0613. The highest BCUT2D eigenvalue weighted by Gasteiger charge is 2.33. The van der Waals surface area contributed by atoms with Gasteiger partial charge in [-0.25, -0.2) is 4.79 Å². The number of urea groups is 1. The average Bonchev–Trinajstić information content (AvgIpc) is 2.60. The van der Waals surface area contributed by atoms with Crippen molar-refractivity contribution in [1.29, 1.82) is 0 Å². The van der Waals surface area contributed by atoms with Gasteiger partial charge in [0.25, 0.3) is 11.6 Å². The lowest BCUT2D eigenvalue weighted by Gasteiger charge is -2.31. The molecule has 1 unspecified atom stereocenters. The largest absolute Gasteiger partial charge is 0.327 e. The van der Waals surface area contributed by atoms with E-state index >= 15 is 0 Å². The first-order chi connectivity index (χ1) is 13.7. The van der Waals surface area contributed by atoms with E-state index in [1.807, 2.05) is 32.9 Å². The minimum Gasteiger partial charge on any atom is -0.327 e. The molecule has 2 aromatic rings. The Morgan fingerprint density at radius 1 is 1.07 bits per heavy atom. The summed E-state index contributed by atoms with van der Waals surface area (Å²) in [6.45, 7) is 7.57. The van der Waals surface area contributed by atoms with Crippen molar-refractivity contribution in [3.8, 4) is 0 Å². The Labute approximate surface area is 168 Å². The molecule has 1 aliphatic rings. The Balaban J connectivity index is 1.98. The van der Waals surface area contributed by atoms with Crippen LogP contribution in [0.4, 0.5) is 16.2 Å². The number of aryl methyl sites for hydroxylation is 3. The number of nitrogens with one attached hydrogen (secondary N) is 3. The standard InChI is InChI=1S/C21H22N4O4/c1-11-9-12(2)17(13(3)10-11)19-18(14(4)22-21(27)24-19)20(26)23-15-5-7-16(8-6-15)25(28)29/h5-10,19H,1-4H3,(H,23,26)(H2,22,24,27). The van der Waals surface area contributed by atoms with Crippen molar-refractivity contribution in [2.45, 2.75) is 33.7 Å². The first-order valence-electron chi connectivity index (χ1n) is 9.09. The fourth-order valence-electron chi connectivity index (χ4n) is 3.72. The van der Waals surface area contributed by atoms with Gasteiger partial charge in [-0.05, 0) is 56.5 Å². The van der Waals surface area contributed by atoms with E-state index < -0.39 is 16.9 Å². The van der Waals surface area contributed by atoms with Crippen LogP contribution in [0.1, 0.15) is 35.2 Å². The van der Waals surface area contributed by atoms with Crippen molar-refractivity contribution in [3.05, 3.63) is 80.0 Å². The molecule has 0 radical (unpaired) electrons. The lowest BCUT2D eigenvalue weighted by molar-refractivity contribution is -0.384. The van der Waals surface area contributed by atoms with E-state index in [0.717, 1.165) is 22.3 Å². The average molecular weight is 394 g/mol. The van der Waals surface area contributed by atoms with Crippen LogP contribution in [-0.2, 0) is 4.79 Å². The summed E-state index contributed by atoms with van der Waals surface area (Å²) in [5, 5.41) is 19.1. The van der Waals surface area contributed by atoms with Crippen molar-refractivity contribution in [2.24, 2.45) is 0 Å². The van der Waals surface area contributed by atoms with Crippen LogP contribution in [0, 0.1) is 30.9 Å². The summed E-state index contributed by atoms with van der Waals surface area (Å²) in [6, 6.07) is 8.62. The molecule has 0 saturated carbocycles. The molecule has 1 heterocycles. The number of carbonyl (C=O) groups is 2. The molecule has 0 spiro atoms. The zero-order chi connectivity index (χ0) is 21.3. The maximum Gasteiger partial charge on any atom is 0.319 e. The van der Waals surface area contributed by atoms with Gasteiger partial charge in [-0.15, -0.1) is 0 Å². The maximum absolute atomic E-state index is 13.1. The van der Waals surface area contributed by atoms with E-state index in [4.69, 9.17) is 0 Å². The summed E-state index contributed by atoms with van der Waals surface area (Å²) in [5.74, 6) is -0.395. The van der Waals surface area contributed by atoms with Gasteiger partial charge in [-0.3, -0.25) is 14.9 Å². The van der Waals surface area contributed by atoms with Gasteiger partial charge in [0.2, 0.25) is 0 Å². The van der Waals surface area contributed by atoms with Gasteiger partial charge in [0.15, 0.2) is 0 Å². The molecule has 0 aromatic heterocycles. The third kappa shape index (κ3) is 4.11. The van der Waals surface area contributed by atoms with Gasteiger partial charge in [-0.1, -0.05) is 17.7 Å². The molecule has 8 heteroatoms. The summed E-state index contributed by atoms with van der Waals surface area (Å²) < 4.78 is 0. The van der Waals surface area contributed by atoms with Gasteiger partial charge >= 0.3 is 6.03 Å². The molecule has 29 heavy (non-hydrogen) atoms. The van der Waals surface area contributed by atoms with E-state index in [0.29, 0.717) is 17.0 Å². The molecule has 0 aliphatic carbocycles. The number of benzene rings is 2. The van der Waals surface area contributed by atoms with Gasteiger partial charge in [-0.2, -0.15) is 0 Å². The zero-order valence-electron chi connectivity index (χ0n) is 16.6. The fourth-order valence-corrected chi connectivity index (χ4v) is 3.72. The predicted octanol–water partition coefficient (Wildman–Crippen LogP) is 3.79. The fraction of sp³-hybridized carbons (Fsp3) is 0.238. The number of nitro benzene ring substituents is 1. The van der Waals surface area contributed by atoms with Gasteiger partial charge < -0.3 is 16.0 Å². The van der Waals surface area contributed by atoms with E-state index in [1.165, 1.54) is 24.3 Å². The Kier molecular flexibility index (Phi) is 5.36. The number of hydrogen-bond donors (Lipinski definition) is 3. The molecule has 0 fully saturated rings.